The van der Waals surface area contributed by atoms with Gasteiger partial charge in [0.2, 0.25) is 0 Å². The molecule has 0 unspecified atom stereocenters. The van der Waals surface area contributed by atoms with Gasteiger partial charge in [-0.2, -0.15) is 0 Å². The second-order valence-electron chi connectivity index (χ2n) is 6.19. The standard InChI is InChI=1S/C17H26N2O2/c20-17(16-4-2-1-3-5-16)6-8-18(9-7-17)10-11-19-12-14-21-15-13-19/h1-5,20H,6-15H2. The third kappa shape index (κ3) is 3.83. The van der Waals surface area contributed by atoms with E-state index in [0.717, 1.165) is 70.9 Å². The molecule has 4 nitrogen and oxygen atoms in total. The Morgan fingerprint density at radius 2 is 1.48 bits per heavy atom. The highest BCUT2D eigenvalue weighted by Gasteiger charge is 2.33. The first-order valence-corrected chi connectivity index (χ1v) is 8.07. The zero-order chi connectivity index (χ0) is 14.5. The molecule has 2 aliphatic rings. The molecular formula is C17H26N2O2. The summed E-state index contributed by atoms with van der Waals surface area (Å²) in [5.41, 5.74) is 0.439. The Hall–Kier alpha value is -0.940. The van der Waals surface area contributed by atoms with Crippen molar-refractivity contribution < 1.29 is 9.84 Å². The van der Waals surface area contributed by atoms with E-state index in [-0.39, 0.29) is 0 Å². The highest BCUT2D eigenvalue weighted by molar-refractivity contribution is 5.22. The Morgan fingerprint density at radius 3 is 2.10 bits per heavy atom. The van der Waals surface area contributed by atoms with Crippen molar-refractivity contribution in [2.24, 2.45) is 0 Å². The summed E-state index contributed by atoms with van der Waals surface area (Å²) in [4.78, 5) is 4.95. The van der Waals surface area contributed by atoms with Crippen molar-refractivity contribution in [1.82, 2.24) is 9.80 Å². The number of nitrogens with zero attached hydrogens (tertiary/aromatic N) is 2. The van der Waals surface area contributed by atoms with Gasteiger partial charge in [0.15, 0.2) is 0 Å². The monoisotopic (exact) mass is 290 g/mol. The van der Waals surface area contributed by atoms with E-state index in [2.05, 4.69) is 9.80 Å². The Bertz CT molecular complexity index is 424. The van der Waals surface area contributed by atoms with Crippen LogP contribution >= 0.6 is 0 Å². The third-order valence-electron chi connectivity index (χ3n) is 4.83. The maximum absolute atomic E-state index is 10.8. The predicted octanol–water partition coefficient (Wildman–Crippen LogP) is 1.30. The summed E-state index contributed by atoms with van der Waals surface area (Å²) in [7, 11) is 0. The van der Waals surface area contributed by atoms with E-state index in [4.69, 9.17) is 4.74 Å². The molecule has 0 spiro atoms. The summed E-state index contributed by atoms with van der Waals surface area (Å²) >= 11 is 0. The first-order valence-electron chi connectivity index (χ1n) is 8.07. The lowest BCUT2D eigenvalue weighted by atomic mass is 9.84. The molecule has 1 aromatic carbocycles. The summed E-state index contributed by atoms with van der Waals surface area (Å²) in [5, 5.41) is 10.8. The van der Waals surface area contributed by atoms with Gasteiger partial charge >= 0.3 is 0 Å². The molecule has 3 rings (SSSR count). The smallest absolute Gasteiger partial charge is 0.0920 e. The zero-order valence-electron chi connectivity index (χ0n) is 12.7. The highest BCUT2D eigenvalue weighted by Crippen LogP contribution is 2.32. The normalized spacial score (nSPS) is 24.0. The molecule has 0 aromatic heterocycles. The highest BCUT2D eigenvalue weighted by atomic mass is 16.5. The van der Waals surface area contributed by atoms with E-state index < -0.39 is 5.60 Å². The van der Waals surface area contributed by atoms with Crippen LogP contribution in [0.3, 0.4) is 0 Å². The largest absolute Gasteiger partial charge is 0.385 e. The first-order chi connectivity index (χ1) is 10.3. The molecule has 21 heavy (non-hydrogen) atoms. The van der Waals surface area contributed by atoms with Crippen LogP contribution in [0.4, 0.5) is 0 Å². The molecule has 0 radical (unpaired) electrons. The van der Waals surface area contributed by atoms with E-state index in [1.54, 1.807) is 0 Å². The second kappa shape index (κ2) is 6.88. The lowest BCUT2D eigenvalue weighted by molar-refractivity contribution is -0.0297. The summed E-state index contributed by atoms with van der Waals surface area (Å²) in [6.45, 7) is 8.04. The molecule has 0 atom stereocenters. The van der Waals surface area contributed by atoms with Gasteiger partial charge in [0.1, 0.15) is 0 Å². The summed E-state index contributed by atoms with van der Waals surface area (Å²) in [6.07, 6.45) is 1.67. The topological polar surface area (TPSA) is 35.9 Å². The number of morpholine rings is 1. The molecule has 4 heteroatoms. The van der Waals surface area contributed by atoms with Gasteiger partial charge in [0.05, 0.1) is 18.8 Å². The molecule has 2 fully saturated rings. The molecule has 0 bridgehead atoms. The number of hydrogen-bond donors (Lipinski definition) is 1. The second-order valence-corrected chi connectivity index (χ2v) is 6.19. The third-order valence-corrected chi connectivity index (χ3v) is 4.83. The van der Waals surface area contributed by atoms with E-state index in [9.17, 15) is 5.11 Å². The molecule has 0 amide bonds. The van der Waals surface area contributed by atoms with Crippen molar-refractivity contribution in [3.63, 3.8) is 0 Å². The molecule has 0 aliphatic carbocycles. The SMILES string of the molecule is OC1(c2ccccc2)CCN(CCN2CCOCC2)CC1. The molecule has 2 saturated heterocycles. The quantitative estimate of drug-likeness (QED) is 0.907. The number of aliphatic hydroxyl groups is 1. The average Bonchev–Trinajstić information content (AvgIpc) is 2.56. The van der Waals surface area contributed by atoms with Crippen molar-refractivity contribution in [2.45, 2.75) is 18.4 Å². The van der Waals surface area contributed by atoms with Crippen LogP contribution in [0.15, 0.2) is 30.3 Å². The maximum Gasteiger partial charge on any atom is 0.0920 e. The van der Waals surface area contributed by atoms with Gasteiger partial charge in [0.25, 0.3) is 0 Å². The fourth-order valence-corrected chi connectivity index (χ4v) is 3.29. The van der Waals surface area contributed by atoms with Crippen molar-refractivity contribution in [3.05, 3.63) is 35.9 Å². The minimum atomic E-state index is -0.628. The summed E-state index contributed by atoms with van der Waals surface area (Å²) in [5.74, 6) is 0. The summed E-state index contributed by atoms with van der Waals surface area (Å²) in [6, 6.07) is 10.1. The van der Waals surface area contributed by atoms with E-state index in [1.807, 2.05) is 30.3 Å². The zero-order valence-corrected chi connectivity index (χ0v) is 12.7. The molecule has 0 saturated carbocycles. The lowest BCUT2D eigenvalue weighted by Crippen LogP contribution is -2.46. The van der Waals surface area contributed by atoms with Gasteiger partial charge in [-0.25, -0.2) is 0 Å². The molecule has 116 valence electrons. The number of piperidine rings is 1. The fraction of sp³-hybridized carbons (Fsp3) is 0.647. The number of hydrogen-bond acceptors (Lipinski definition) is 4. The Morgan fingerprint density at radius 1 is 0.905 bits per heavy atom. The number of rotatable bonds is 4. The fourth-order valence-electron chi connectivity index (χ4n) is 3.29. The van der Waals surface area contributed by atoms with Crippen molar-refractivity contribution in [1.29, 1.82) is 0 Å². The minimum Gasteiger partial charge on any atom is -0.385 e. The Balaban J connectivity index is 1.46. The van der Waals surface area contributed by atoms with Crippen LogP contribution in [0, 0.1) is 0 Å². The van der Waals surface area contributed by atoms with Gasteiger partial charge in [0, 0.05) is 39.3 Å². The first kappa shape index (κ1) is 15.0. The number of likely N-dealkylation sites (tertiary alicyclic amines) is 1. The van der Waals surface area contributed by atoms with Crippen LogP contribution in [-0.2, 0) is 10.3 Å². The number of ether oxygens (including phenoxy) is 1. The van der Waals surface area contributed by atoms with Crippen LogP contribution in [0.25, 0.3) is 0 Å². The number of benzene rings is 1. The van der Waals surface area contributed by atoms with E-state index in [1.165, 1.54) is 0 Å². The van der Waals surface area contributed by atoms with Crippen molar-refractivity contribution in [2.75, 3.05) is 52.5 Å². The van der Waals surface area contributed by atoms with Crippen LogP contribution in [0.1, 0.15) is 18.4 Å². The van der Waals surface area contributed by atoms with Gasteiger partial charge in [-0.1, -0.05) is 30.3 Å². The maximum atomic E-state index is 10.8. The molecule has 2 heterocycles. The minimum absolute atomic E-state index is 0.628. The van der Waals surface area contributed by atoms with Gasteiger partial charge in [-0.05, 0) is 18.4 Å². The molecule has 2 aliphatic heterocycles. The predicted molar refractivity (Wildman–Crippen MR) is 83.3 cm³/mol. The van der Waals surface area contributed by atoms with Gasteiger partial charge in [-0.3, -0.25) is 4.90 Å². The van der Waals surface area contributed by atoms with E-state index >= 15 is 0 Å². The molecule has 1 aromatic rings. The molecule has 1 N–H and O–H groups in total. The molecular weight excluding hydrogens is 264 g/mol. The van der Waals surface area contributed by atoms with Crippen LogP contribution in [-0.4, -0.2) is 67.4 Å². The summed E-state index contributed by atoms with van der Waals surface area (Å²) < 4.78 is 5.38. The van der Waals surface area contributed by atoms with Crippen LogP contribution in [0.2, 0.25) is 0 Å². The average molecular weight is 290 g/mol. The van der Waals surface area contributed by atoms with Crippen LogP contribution < -0.4 is 0 Å². The van der Waals surface area contributed by atoms with Crippen molar-refractivity contribution >= 4 is 0 Å². The van der Waals surface area contributed by atoms with Gasteiger partial charge < -0.3 is 14.7 Å². The van der Waals surface area contributed by atoms with Crippen LogP contribution in [0.5, 0.6) is 0 Å². The van der Waals surface area contributed by atoms with Gasteiger partial charge in [-0.15, -0.1) is 0 Å². The Labute approximate surface area is 127 Å². The lowest BCUT2D eigenvalue weighted by Gasteiger charge is -2.39. The van der Waals surface area contributed by atoms with E-state index in [0.29, 0.717) is 0 Å². The Kier molecular flexibility index (Phi) is 4.91. The van der Waals surface area contributed by atoms with Crippen molar-refractivity contribution in [3.8, 4) is 0 Å².